The van der Waals surface area contributed by atoms with E-state index in [2.05, 4.69) is 5.10 Å². The number of nitro groups is 1. The van der Waals surface area contributed by atoms with E-state index < -0.39 is 10.7 Å². The Balaban J connectivity index is 2.25. The molecule has 2 heterocycles. The molecule has 0 aromatic carbocycles. The van der Waals surface area contributed by atoms with E-state index in [0.29, 0.717) is 0 Å². The van der Waals surface area contributed by atoms with Crippen molar-refractivity contribution in [2.75, 3.05) is 0 Å². The zero-order chi connectivity index (χ0) is 14.0. The minimum atomic E-state index is -0.608. The molecule has 0 bridgehead atoms. The van der Waals surface area contributed by atoms with Crippen LogP contribution in [-0.4, -0.2) is 20.5 Å². The maximum atomic E-state index is 11.9. The quantitative estimate of drug-likeness (QED) is 0.372. The van der Waals surface area contributed by atoms with Gasteiger partial charge in [-0.15, -0.1) is 11.3 Å². The lowest BCUT2D eigenvalue weighted by molar-refractivity contribution is -0.385. The molecule has 0 unspecified atom stereocenters. The molecular formula is C12H11N3O3S. The summed E-state index contributed by atoms with van der Waals surface area (Å²) in [6, 6.07) is 3.83. The zero-order valence-corrected chi connectivity index (χ0v) is 11.2. The predicted octanol–water partition coefficient (Wildman–Crippen LogP) is 2.59. The van der Waals surface area contributed by atoms with Crippen molar-refractivity contribution < 1.29 is 9.72 Å². The molecule has 2 aromatic heterocycles. The van der Waals surface area contributed by atoms with E-state index in [1.54, 1.807) is 17.4 Å². The summed E-state index contributed by atoms with van der Waals surface area (Å²) in [5.74, 6) is -0.474. The van der Waals surface area contributed by atoms with Gasteiger partial charge in [0.05, 0.1) is 4.92 Å². The first-order chi connectivity index (χ1) is 8.97. The van der Waals surface area contributed by atoms with Crippen molar-refractivity contribution in [3.63, 3.8) is 0 Å². The summed E-state index contributed by atoms with van der Waals surface area (Å²) < 4.78 is 1.26. The van der Waals surface area contributed by atoms with Crippen LogP contribution in [0.3, 0.4) is 0 Å². The number of allylic oxidation sites excluding steroid dienone is 1. The van der Waals surface area contributed by atoms with Gasteiger partial charge < -0.3 is 0 Å². The molecule has 0 atom stereocenters. The third-order valence-corrected chi connectivity index (χ3v) is 3.37. The van der Waals surface area contributed by atoms with Crippen molar-refractivity contribution in [1.82, 2.24) is 9.78 Å². The topological polar surface area (TPSA) is 78.0 Å². The largest absolute Gasteiger partial charge is 0.318 e. The van der Waals surface area contributed by atoms with Crippen molar-refractivity contribution in [2.45, 2.75) is 6.92 Å². The molecule has 0 radical (unpaired) electrons. The summed E-state index contributed by atoms with van der Waals surface area (Å²) in [6.07, 6.45) is 4.16. The van der Waals surface area contributed by atoms with Crippen LogP contribution >= 0.6 is 11.3 Å². The average molecular weight is 277 g/mol. The summed E-state index contributed by atoms with van der Waals surface area (Å²) in [7, 11) is 1.54. The zero-order valence-electron chi connectivity index (χ0n) is 10.4. The lowest BCUT2D eigenvalue weighted by atomic mass is 10.2. The van der Waals surface area contributed by atoms with Gasteiger partial charge in [-0.2, -0.15) is 5.10 Å². The Labute approximate surface area is 113 Å². The lowest BCUT2D eigenvalue weighted by Gasteiger charge is -1.89. The van der Waals surface area contributed by atoms with Gasteiger partial charge in [0.25, 0.3) is 0 Å². The molecule has 0 aliphatic heterocycles. The molecule has 0 saturated heterocycles. The van der Waals surface area contributed by atoms with E-state index in [4.69, 9.17) is 0 Å². The molecule has 0 N–H and O–H groups in total. The fraction of sp³-hybridized carbons (Fsp3) is 0.167. The number of hydrogen-bond donors (Lipinski definition) is 0. The highest BCUT2D eigenvalue weighted by atomic mass is 32.1. The van der Waals surface area contributed by atoms with E-state index in [0.717, 1.165) is 9.75 Å². The average Bonchev–Trinajstić information content (AvgIpc) is 2.92. The Kier molecular flexibility index (Phi) is 3.57. The van der Waals surface area contributed by atoms with Crippen LogP contribution in [0.15, 0.2) is 24.4 Å². The Morgan fingerprint density at radius 3 is 2.84 bits per heavy atom. The van der Waals surface area contributed by atoms with Gasteiger partial charge in [-0.05, 0) is 31.2 Å². The third-order valence-electron chi connectivity index (χ3n) is 2.40. The first-order valence-electron chi connectivity index (χ1n) is 5.44. The number of aryl methyl sites for hydroxylation is 2. The van der Waals surface area contributed by atoms with E-state index in [9.17, 15) is 14.9 Å². The number of thiophene rings is 1. The van der Waals surface area contributed by atoms with E-state index in [1.165, 1.54) is 24.0 Å². The Bertz CT molecular complexity index is 670. The Morgan fingerprint density at radius 1 is 1.53 bits per heavy atom. The van der Waals surface area contributed by atoms with Crippen molar-refractivity contribution >= 4 is 28.9 Å². The SMILES string of the molecule is Cc1ccc(/C=C/C(=O)c2nn(C)cc2[N+](=O)[O-])s1. The third kappa shape index (κ3) is 2.94. The standard InChI is InChI=1S/C12H11N3O3S/c1-8-3-4-9(19-8)5-6-11(16)12-10(15(17)18)7-14(2)13-12/h3-7H,1-2H3/b6-5+. The second-order valence-corrected chi connectivity index (χ2v) is 5.26. The van der Waals surface area contributed by atoms with Crippen LogP contribution in [0.2, 0.25) is 0 Å². The number of aromatic nitrogens is 2. The number of hydrogen-bond acceptors (Lipinski definition) is 5. The highest BCUT2D eigenvalue weighted by Crippen LogP contribution is 2.19. The molecule has 19 heavy (non-hydrogen) atoms. The molecule has 0 amide bonds. The van der Waals surface area contributed by atoms with Gasteiger partial charge >= 0.3 is 5.69 Å². The summed E-state index contributed by atoms with van der Waals surface area (Å²) in [5, 5.41) is 14.6. The smallest absolute Gasteiger partial charge is 0.287 e. The van der Waals surface area contributed by atoms with Gasteiger partial charge in [0.2, 0.25) is 11.5 Å². The highest BCUT2D eigenvalue weighted by Gasteiger charge is 2.22. The van der Waals surface area contributed by atoms with Crippen molar-refractivity contribution in [1.29, 1.82) is 0 Å². The molecular weight excluding hydrogens is 266 g/mol. The first-order valence-corrected chi connectivity index (χ1v) is 6.26. The van der Waals surface area contributed by atoms with E-state index in [1.807, 2.05) is 19.1 Å². The van der Waals surface area contributed by atoms with Crippen LogP contribution in [0.25, 0.3) is 6.08 Å². The molecule has 2 aromatic rings. The lowest BCUT2D eigenvalue weighted by Crippen LogP contribution is -2.00. The fourth-order valence-electron chi connectivity index (χ4n) is 1.56. The normalized spacial score (nSPS) is 11.1. The minimum Gasteiger partial charge on any atom is -0.287 e. The Morgan fingerprint density at radius 2 is 2.26 bits per heavy atom. The maximum Gasteiger partial charge on any atom is 0.318 e. The minimum absolute atomic E-state index is 0.142. The fourth-order valence-corrected chi connectivity index (χ4v) is 2.34. The summed E-state index contributed by atoms with van der Waals surface area (Å²) >= 11 is 1.54. The van der Waals surface area contributed by atoms with Crippen molar-refractivity contribution in [3.05, 3.63) is 50.0 Å². The van der Waals surface area contributed by atoms with E-state index >= 15 is 0 Å². The van der Waals surface area contributed by atoms with Gasteiger partial charge in [-0.25, -0.2) is 0 Å². The monoisotopic (exact) mass is 277 g/mol. The van der Waals surface area contributed by atoms with Gasteiger partial charge in [-0.1, -0.05) is 0 Å². The first kappa shape index (κ1) is 13.2. The summed E-state index contributed by atoms with van der Waals surface area (Å²) in [5.41, 5.74) is -0.420. The van der Waals surface area contributed by atoms with Crippen molar-refractivity contribution in [3.8, 4) is 0 Å². The Hall–Kier alpha value is -2.28. The molecule has 2 rings (SSSR count). The van der Waals surface area contributed by atoms with Crippen molar-refractivity contribution in [2.24, 2.45) is 7.05 Å². The summed E-state index contributed by atoms with van der Waals surface area (Å²) in [4.78, 5) is 24.1. The van der Waals surface area contributed by atoms with Crippen LogP contribution in [-0.2, 0) is 7.05 Å². The number of ketones is 1. The maximum absolute atomic E-state index is 11.9. The van der Waals surface area contributed by atoms with Crippen LogP contribution in [0.4, 0.5) is 5.69 Å². The molecule has 0 fully saturated rings. The second-order valence-electron chi connectivity index (χ2n) is 3.94. The number of carbonyl (C=O) groups excluding carboxylic acids is 1. The summed E-state index contributed by atoms with van der Waals surface area (Å²) in [6.45, 7) is 1.97. The van der Waals surface area contributed by atoms with Gasteiger partial charge in [0.1, 0.15) is 6.20 Å². The van der Waals surface area contributed by atoms with Crippen LogP contribution in [0, 0.1) is 17.0 Å². The number of rotatable bonds is 4. The van der Waals surface area contributed by atoms with E-state index in [-0.39, 0.29) is 11.4 Å². The molecule has 7 heteroatoms. The van der Waals surface area contributed by atoms with Crippen LogP contribution in [0.1, 0.15) is 20.2 Å². The second kappa shape index (κ2) is 5.15. The molecule has 6 nitrogen and oxygen atoms in total. The molecule has 98 valence electrons. The highest BCUT2D eigenvalue weighted by molar-refractivity contribution is 7.12. The molecule has 0 aliphatic rings. The number of carbonyl (C=O) groups is 1. The van der Waals surface area contributed by atoms with Gasteiger partial charge in [-0.3, -0.25) is 19.6 Å². The van der Waals surface area contributed by atoms with Crippen LogP contribution in [0.5, 0.6) is 0 Å². The van der Waals surface area contributed by atoms with Crippen LogP contribution < -0.4 is 0 Å². The molecule has 0 saturated carbocycles. The predicted molar refractivity (Wildman–Crippen MR) is 72.3 cm³/mol. The van der Waals surface area contributed by atoms with Gasteiger partial charge in [0, 0.05) is 16.8 Å². The van der Waals surface area contributed by atoms with Gasteiger partial charge in [0.15, 0.2) is 0 Å². The molecule has 0 spiro atoms. The molecule has 0 aliphatic carbocycles. The number of nitrogens with zero attached hydrogens (tertiary/aromatic N) is 3.